The van der Waals surface area contributed by atoms with Crippen LogP contribution in [0.5, 0.6) is 0 Å². The van der Waals surface area contributed by atoms with Gasteiger partial charge in [0, 0.05) is 35.8 Å². The van der Waals surface area contributed by atoms with Crippen LogP contribution in [0.4, 0.5) is 5.69 Å². The topological polar surface area (TPSA) is 29.3 Å². The van der Waals surface area contributed by atoms with Gasteiger partial charge in [-0.05, 0) is 49.5 Å². The first-order chi connectivity index (χ1) is 10.2. The van der Waals surface area contributed by atoms with Crippen molar-refractivity contribution in [2.75, 3.05) is 17.7 Å². The van der Waals surface area contributed by atoms with Gasteiger partial charge in [0.15, 0.2) is 0 Å². The van der Waals surface area contributed by atoms with Crippen molar-refractivity contribution in [3.8, 4) is 0 Å². The van der Waals surface area contributed by atoms with Gasteiger partial charge < -0.3 is 10.6 Å². The van der Waals surface area contributed by atoms with Gasteiger partial charge in [-0.15, -0.1) is 11.8 Å². The molecule has 2 nitrogen and oxygen atoms in total. The molecule has 2 rings (SSSR count). The van der Waals surface area contributed by atoms with Crippen molar-refractivity contribution in [2.45, 2.75) is 63.4 Å². The van der Waals surface area contributed by atoms with Crippen molar-refractivity contribution < 1.29 is 0 Å². The molecule has 1 fully saturated rings. The Bertz CT molecular complexity index is 439. The average molecular weight is 307 g/mol. The van der Waals surface area contributed by atoms with Crippen molar-refractivity contribution in [3.63, 3.8) is 0 Å². The maximum Gasteiger partial charge on any atom is 0.0422 e. The maximum atomic E-state index is 6.05. The molecule has 1 saturated carbocycles. The molecule has 1 aromatic carbocycles. The van der Waals surface area contributed by atoms with E-state index in [-0.39, 0.29) is 0 Å². The van der Waals surface area contributed by atoms with E-state index in [4.69, 9.17) is 5.73 Å². The van der Waals surface area contributed by atoms with Gasteiger partial charge in [0.25, 0.3) is 0 Å². The van der Waals surface area contributed by atoms with Crippen LogP contribution in [0, 0.1) is 5.92 Å². The van der Waals surface area contributed by atoms with Gasteiger partial charge in [0.05, 0.1) is 0 Å². The second-order valence-corrected chi connectivity index (χ2v) is 7.39. The molecule has 0 bridgehead atoms. The fraction of sp³-hybridized carbons (Fsp3) is 0.667. The zero-order valence-corrected chi connectivity index (χ0v) is 14.6. The Morgan fingerprint density at radius 3 is 2.48 bits per heavy atom. The number of anilines is 1. The van der Waals surface area contributed by atoms with Gasteiger partial charge in [-0.3, -0.25) is 0 Å². The fourth-order valence-electron chi connectivity index (χ4n) is 3.52. The number of hydrogen-bond donors (Lipinski definition) is 1. The molecule has 0 amide bonds. The van der Waals surface area contributed by atoms with Crippen LogP contribution in [0.1, 0.15) is 51.5 Å². The Labute approximate surface area is 134 Å². The minimum absolute atomic E-state index is 0.632. The Hall–Kier alpha value is -0.670. The summed E-state index contributed by atoms with van der Waals surface area (Å²) in [5.74, 6) is 2.05. The Balaban J connectivity index is 2.15. The maximum absolute atomic E-state index is 6.05. The van der Waals surface area contributed by atoms with E-state index in [2.05, 4.69) is 44.0 Å². The normalized spacial score (nSPS) is 22.3. The van der Waals surface area contributed by atoms with E-state index in [0.29, 0.717) is 12.6 Å². The monoisotopic (exact) mass is 306 g/mol. The molecule has 0 atom stereocenters. The largest absolute Gasteiger partial charge is 0.371 e. The second kappa shape index (κ2) is 8.09. The van der Waals surface area contributed by atoms with Crippen molar-refractivity contribution in [3.05, 3.63) is 23.8 Å². The van der Waals surface area contributed by atoms with Gasteiger partial charge >= 0.3 is 0 Å². The number of hydrogen-bond acceptors (Lipinski definition) is 3. The van der Waals surface area contributed by atoms with Gasteiger partial charge in [0.2, 0.25) is 0 Å². The summed E-state index contributed by atoms with van der Waals surface area (Å²) >= 11 is 1.90. The number of nitrogens with two attached hydrogens (primary N) is 1. The molecule has 1 aromatic rings. The smallest absolute Gasteiger partial charge is 0.0422 e. The predicted molar refractivity (Wildman–Crippen MR) is 95.2 cm³/mol. The Kier molecular flexibility index (Phi) is 6.43. The van der Waals surface area contributed by atoms with E-state index in [1.165, 1.54) is 48.3 Å². The van der Waals surface area contributed by atoms with Crippen molar-refractivity contribution in [2.24, 2.45) is 11.7 Å². The number of thioether (sulfide) groups is 1. The molecular formula is C18H30N2S. The van der Waals surface area contributed by atoms with E-state index in [9.17, 15) is 0 Å². The number of benzene rings is 1. The first kappa shape index (κ1) is 16.7. The molecule has 2 N–H and O–H groups in total. The minimum atomic E-state index is 0.632. The molecule has 0 heterocycles. The summed E-state index contributed by atoms with van der Waals surface area (Å²) in [6, 6.07) is 7.32. The van der Waals surface area contributed by atoms with Crippen LogP contribution in [0.15, 0.2) is 23.1 Å². The van der Waals surface area contributed by atoms with Gasteiger partial charge in [-0.2, -0.15) is 0 Å². The molecule has 1 aliphatic rings. The highest BCUT2D eigenvalue weighted by atomic mass is 32.2. The standard InChI is InChI=1S/C18H30N2S/c1-4-14-9-11-15(12-10-14)20(3)17-7-6-8-18(21-5-2)16(17)13-19/h6-8,14-15H,4-5,9-13,19H2,1-3H3. The molecule has 3 heteroatoms. The molecule has 0 aliphatic heterocycles. The number of nitrogens with zero attached hydrogens (tertiary/aromatic N) is 1. The highest BCUT2D eigenvalue weighted by Crippen LogP contribution is 2.35. The van der Waals surface area contributed by atoms with E-state index in [0.717, 1.165) is 11.7 Å². The molecular weight excluding hydrogens is 276 g/mol. The highest BCUT2D eigenvalue weighted by Gasteiger charge is 2.24. The van der Waals surface area contributed by atoms with Crippen molar-refractivity contribution in [1.29, 1.82) is 0 Å². The third kappa shape index (κ3) is 3.95. The summed E-state index contributed by atoms with van der Waals surface area (Å²) in [4.78, 5) is 3.85. The van der Waals surface area contributed by atoms with Gasteiger partial charge in [-0.25, -0.2) is 0 Å². The minimum Gasteiger partial charge on any atom is -0.371 e. The Morgan fingerprint density at radius 2 is 1.90 bits per heavy atom. The first-order valence-electron chi connectivity index (χ1n) is 8.38. The molecule has 0 spiro atoms. The molecule has 0 saturated heterocycles. The summed E-state index contributed by atoms with van der Waals surface area (Å²) in [6.45, 7) is 5.16. The van der Waals surface area contributed by atoms with Crippen LogP contribution < -0.4 is 10.6 Å². The van der Waals surface area contributed by atoms with Gasteiger partial charge in [0.1, 0.15) is 0 Å². The quantitative estimate of drug-likeness (QED) is 0.775. The highest BCUT2D eigenvalue weighted by molar-refractivity contribution is 7.99. The second-order valence-electron chi connectivity index (χ2n) is 6.08. The van der Waals surface area contributed by atoms with Crippen molar-refractivity contribution in [1.82, 2.24) is 0 Å². The van der Waals surface area contributed by atoms with E-state index in [1.54, 1.807) is 0 Å². The predicted octanol–water partition coefficient (Wildman–Crippen LogP) is 4.66. The average Bonchev–Trinajstić information content (AvgIpc) is 2.54. The van der Waals surface area contributed by atoms with E-state index >= 15 is 0 Å². The van der Waals surface area contributed by atoms with Crippen LogP contribution in [-0.4, -0.2) is 18.8 Å². The lowest BCUT2D eigenvalue weighted by Gasteiger charge is -2.37. The van der Waals surface area contributed by atoms with E-state index < -0.39 is 0 Å². The Morgan fingerprint density at radius 1 is 1.19 bits per heavy atom. The summed E-state index contributed by atoms with van der Waals surface area (Å²) in [6.07, 6.45) is 6.75. The molecule has 1 aliphatic carbocycles. The molecule has 0 aromatic heterocycles. The lowest BCUT2D eigenvalue weighted by molar-refractivity contribution is 0.313. The molecule has 118 valence electrons. The molecule has 0 unspecified atom stereocenters. The van der Waals surface area contributed by atoms with Crippen LogP contribution in [0.3, 0.4) is 0 Å². The van der Waals surface area contributed by atoms with E-state index in [1.807, 2.05) is 11.8 Å². The summed E-state index contributed by atoms with van der Waals surface area (Å²) in [5.41, 5.74) is 8.72. The SMILES string of the molecule is CCSc1cccc(N(C)C2CCC(CC)CC2)c1CN. The van der Waals surface area contributed by atoms with Crippen LogP contribution >= 0.6 is 11.8 Å². The third-order valence-electron chi connectivity index (χ3n) is 4.93. The lowest BCUT2D eigenvalue weighted by atomic mass is 9.84. The fourth-order valence-corrected chi connectivity index (χ4v) is 4.37. The summed E-state index contributed by atoms with van der Waals surface area (Å²) in [7, 11) is 2.26. The molecule has 0 radical (unpaired) electrons. The first-order valence-corrected chi connectivity index (χ1v) is 9.37. The summed E-state index contributed by atoms with van der Waals surface area (Å²) in [5, 5.41) is 0. The van der Waals surface area contributed by atoms with Crippen LogP contribution in [-0.2, 0) is 6.54 Å². The van der Waals surface area contributed by atoms with Crippen molar-refractivity contribution >= 4 is 17.4 Å². The molecule has 21 heavy (non-hydrogen) atoms. The van der Waals surface area contributed by atoms with Gasteiger partial charge in [-0.1, -0.05) is 26.3 Å². The number of rotatable bonds is 6. The summed E-state index contributed by atoms with van der Waals surface area (Å²) < 4.78 is 0. The van der Waals surface area contributed by atoms with Crippen LogP contribution in [0.25, 0.3) is 0 Å². The third-order valence-corrected chi connectivity index (χ3v) is 5.92. The zero-order chi connectivity index (χ0) is 15.2. The lowest BCUT2D eigenvalue weighted by Crippen LogP contribution is -2.36. The zero-order valence-electron chi connectivity index (χ0n) is 13.8. The van der Waals surface area contributed by atoms with Crippen LogP contribution in [0.2, 0.25) is 0 Å².